The van der Waals surface area contributed by atoms with E-state index in [-0.39, 0.29) is 0 Å². The van der Waals surface area contributed by atoms with Crippen LogP contribution < -0.4 is 0 Å². The number of aryl methyl sites for hydroxylation is 1. The first-order chi connectivity index (χ1) is 6.65. The van der Waals surface area contributed by atoms with Gasteiger partial charge in [-0.15, -0.1) is 0 Å². The van der Waals surface area contributed by atoms with E-state index in [2.05, 4.69) is 44.0 Å². The molecule has 0 saturated carbocycles. The zero-order valence-corrected chi connectivity index (χ0v) is 9.17. The second-order valence-electron chi connectivity index (χ2n) is 4.58. The SMILES string of the molecule is Cc1ccc2c(c1)CC(CC(C)C)=N2. The molecule has 14 heavy (non-hydrogen) atoms. The van der Waals surface area contributed by atoms with Crippen molar-refractivity contribution in [3.05, 3.63) is 29.3 Å². The molecule has 1 aliphatic heterocycles. The lowest BCUT2D eigenvalue weighted by atomic mass is 10.0. The van der Waals surface area contributed by atoms with Gasteiger partial charge in [-0.3, -0.25) is 4.99 Å². The monoisotopic (exact) mass is 187 g/mol. The van der Waals surface area contributed by atoms with E-state index < -0.39 is 0 Å². The molecule has 2 rings (SSSR count). The summed E-state index contributed by atoms with van der Waals surface area (Å²) in [5.41, 5.74) is 5.28. The summed E-state index contributed by atoms with van der Waals surface area (Å²) in [6.07, 6.45) is 2.20. The van der Waals surface area contributed by atoms with Crippen LogP contribution >= 0.6 is 0 Å². The molecule has 74 valence electrons. The Balaban J connectivity index is 2.19. The summed E-state index contributed by atoms with van der Waals surface area (Å²) in [7, 11) is 0. The van der Waals surface area contributed by atoms with E-state index in [4.69, 9.17) is 0 Å². The Bertz CT molecular complexity index is 375. The molecule has 1 aliphatic rings. The number of nitrogens with zero attached hydrogens (tertiary/aromatic N) is 1. The lowest BCUT2D eigenvalue weighted by Gasteiger charge is -2.02. The van der Waals surface area contributed by atoms with E-state index in [1.54, 1.807) is 0 Å². The van der Waals surface area contributed by atoms with Crippen LogP contribution in [-0.4, -0.2) is 5.71 Å². The minimum Gasteiger partial charge on any atom is -0.257 e. The van der Waals surface area contributed by atoms with Crippen molar-refractivity contribution in [2.75, 3.05) is 0 Å². The average Bonchev–Trinajstić information content (AvgIpc) is 2.44. The van der Waals surface area contributed by atoms with Gasteiger partial charge >= 0.3 is 0 Å². The lowest BCUT2D eigenvalue weighted by Crippen LogP contribution is -2.02. The van der Waals surface area contributed by atoms with Gasteiger partial charge in [0.25, 0.3) is 0 Å². The fourth-order valence-electron chi connectivity index (χ4n) is 1.98. The molecule has 0 unspecified atom stereocenters. The van der Waals surface area contributed by atoms with E-state index in [1.165, 1.54) is 22.5 Å². The molecule has 0 aromatic heterocycles. The highest BCUT2D eigenvalue weighted by atomic mass is 14.8. The lowest BCUT2D eigenvalue weighted by molar-refractivity contribution is 0.681. The van der Waals surface area contributed by atoms with Gasteiger partial charge < -0.3 is 0 Å². The Hall–Kier alpha value is -1.11. The molecule has 0 saturated heterocycles. The predicted molar refractivity (Wildman–Crippen MR) is 61.4 cm³/mol. The van der Waals surface area contributed by atoms with E-state index in [0.717, 1.165) is 12.8 Å². The van der Waals surface area contributed by atoms with Gasteiger partial charge in [0.1, 0.15) is 0 Å². The maximum atomic E-state index is 4.65. The number of hydrogen-bond acceptors (Lipinski definition) is 1. The highest BCUT2D eigenvalue weighted by Gasteiger charge is 2.14. The first-order valence-corrected chi connectivity index (χ1v) is 5.31. The molecule has 0 spiro atoms. The second-order valence-corrected chi connectivity index (χ2v) is 4.58. The highest BCUT2D eigenvalue weighted by molar-refractivity contribution is 5.94. The topological polar surface area (TPSA) is 12.4 Å². The quantitative estimate of drug-likeness (QED) is 0.670. The van der Waals surface area contributed by atoms with Crippen LogP contribution in [0.5, 0.6) is 0 Å². The smallest absolute Gasteiger partial charge is 0.0665 e. The summed E-state index contributed by atoms with van der Waals surface area (Å²) in [4.78, 5) is 4.65. The van der Waals surface area contributed by atoms with Crippen LogP contribution in [0.3, 0.4) is 0 Å². The molecule has 0 N–H and O–H groups in total. The third kappa shape index (κ3) is 1.87. The molecule has 0 atom stereocenters. The van der Waals surface area contributed by atoms with Gasteiger partial charge in [0.05, 0.1) is 5.69 Å². The van der Waals surface area contributed by atoms with Crippen LogP contribution in [0.4, 0.5) is 5.69 Å². The van der Waals surface area contributed by atoms with Crippen LogP contribution in [0.2, 0.25) is 0 Å². The van der Waals surface area contributed by atoms with E-state index in [0.29, 0.717) is 5.92 Å². The summed E-state index contributed by atoms with van der Waals surface area (Å²) in [6, 6.07) is 6.53. The van der Waals surface area contributed by atoms with Gasteiger partial charge in [0, 0.05) is 12.1 Å². The summed E-state index contributed by atoms with van der Waals surface area (Å²) < 4.78 is 0. The maximum Gasteiger partial charge on any atom is 0.0665 e. The molecule has 0 fully saturated rings. The van der Waals surface area contributed by atoms with Gasteiger partial charge in [0.15, 0.2) is 0 Å². The van der Waals surface area contributed by atoms with Gasteiger partial charge in [-0.2, -0.15) is 0 Å². The third-order valence-electron chi connectivity index (χ3n) is 2.55. The molecule has 0 radical (unpaired) electrons. The second kappa shape index (κ2) is 3.56. The van der Waals surface area contributed by atoms with Crippen molar-refractivity contribution in [1.82, 2.24) is 0 Å². The molecule has 1 aromatic carbocycles. The van der Waals surface area contributed by atoms with Crippen molar-refractivity contribution >= 4 is 11.4 Å². The molecular weight excluding hydrogens is 170 g/mol. The van der Waals surface area contributed by atoms with Crippen molar-refractivity contribution in [2.45, 2.75) is 33.6 Å². The normalized spacial score (nSPS) is 14.4. The number of fused-ring (bicyclic) bond motifs is 1. The largest absolute Gasteiger partial charge is 0.257 e. The Morgan fingerprint density at radius 1 is 1.36 bits per heavy atom. The van der Waals surface area contributed by atoms with E-state index in [1.807, 2.05) is 0 Å². The molecule has 1 nitrogen and oxygen atoms in total. The minimum absolute atomic E-state index is 0.712. The van der Waals surface area contributed by atoms with Gasteiger partial charge in [0.2, 0.25) is 0 Å². The molecule has 0 aliphatic carbocycles. The maximum absolute atomic E-state index is 4.65. The molecule has 1 aromatic rings. The molecule has 0 bridgehead atoms. The number of aliphatic imine (C=N–C) groups is 1. The van der Waals surface area contributed by atoms with Crippen molar-refractivity contribution < 1.29 is 0 Å². The summed E-state index contributed by atoms with van der Waals surface area (Å²) >= 11 is 0. The van der Waals surface area contributed by atoms with Crippen LogP contribution in [-0.2, 0) is 6.42 Å². The van der Waals surface area contributed by atoms with Gasteiger partial charge in [-0.05, 0) is 30.9 Å². The van der Waals surface area contributed by atoms with E-state index >= 15 is 0 Å². The van der Waals surface area contributed by atoms with Crippen molar-refractivity contribution in [1.29, 1.82) is 0 Å². The van der Waals surface area contributed by atoms with Crippen molar-refractivity contribution in [3.63, 3.8) is 0 Å². The van der Waals surface area contributed by atoms with Crippen molar-refractivity contribution in [3.8, 4) is 0 Å². The fraction of sp³-hybridized carbons (Fsp3) is 0.462. The van der Waals surface area contributed by atoms with Crippen LogP contribution in [0, 0.1) is 12.8 Å². The standard InChI is InChI=1S/C13H17N/c1-9(2)6-12-8-11-7-10(3)4-5-13(11)14-12/h4-5,7,9H,6,8H2,1-3H3. The number of hydrogen-bond donors (Lipinski definition) is 0. The van der Waals surface area contributed by atoms with Gasteiger partial charge in [-0.25, -0.2) is 0 Å². The van der Waals surface area contributed by atoms with Crippen LogP contribution in [0.1, 0.15) is 31.4 Å². The number of benzene rings is 1. The Kier molecular flexibility index (Phi) is 2.40. The predicted octanol–water partition coefficient (Wildman–Crippen LogP) is 3.67. The Morgan fingerprint density at radius 3 is 2.86 bits per heavy atom. The zero-order valence-electron chi connectivity index (χ0n) is 9.17. The van der Waals surface area contributed by atoms with Crippen molar-refractivity contribution in [2.24, 2.45) is 10.9 Å². The fourth-order valence-corrected chi connectivity index (χ4v) is 1.98. The van der Waals surface area contributed by atoms with Gasteiger partial charge in [-0.1, -0.05) is 31.5 Å². The molecule has 1 heteroatoms. The minimum atomic E-state index is 0.712. The molecule has 0 amide bonds. The van der Waals surface area contributed by atoms with Crippen LogP contribution in [0.15, 0.2) is 23.2 Å². The molecule has 1 heterocycles. The Labute approximate surface area is 85.9 Å². The highest BCUT2D eigenvalue weighted by Crippen LogP contribution is 2.29. The summed E-state index contributed by atoms with van der Waals surface area (Å²) in [5, 5.41) is 0. The van der Waals surface area contributed by atoms with Crippen LogP contribution in [0.25, 0.3) is 0 Å². The summed E-state index contributed by atoms with van der Waals surface area (Å²) in [6.45, 7) is 6.63. The first-order valence-electron chi connectivity index (χ1n) is 5.31. The third-order valence-corrected chi connectivity index (χ3v) is 2.55. The number of rotatable bonds is 2. The zero-order chi connectivity index (χ0) is 10.1. The Morgan fingerprint density at radius 2 is 2.14 bits per heavy atom. The first kappa shape index (κ1) is 9.45. The average molecular weight is 187 g/mol. The van der Waals surface area contributed by atoms with E-state index in [9.17, 15) is 0 Å². The summed E-state index contributed by atoms with van der Waals surface area (Å²) in [5.74, 6) is 0.712. The molecular formula is C13H17N.